The maximum Gasteiger partial charge on any atom is 0.101 e. The predicted molar refractivity (Wildman–Crippen MR) is 80.0 cm³/mol. The van der Waals surface area contributed by atoms with Crippen molar-refractivity contribution in [3.05, 3.63) is 23.8 Å². The summed E-state index contributed by atoms with van der Waals surface area (Å²) in [6, 6.07) is 8.43. The number of nitrogens with zero attached hydrogens (tertiary/aromatic N) is 2. The molecule has 0 unspecified atom stereocenters. The molecule has 0 saturated heterocycles. The Hall–Kier alpha value is -1.69. The molecule has 0 spiro atoms. The summed E-state index contributed by atoms with van der Waals surface area (Å²) in [6.07, 6.45) is 6.36. The Kier molecular flexibility index (Phi) is 4.31. The Labute approximate surface area is 116 Å². The van der Waals surface area contributed by atoms with E-state index in [2.05, 4.69) is 24.9 Å². The maximum atomic E-state index is 9.24. The molecule has 2 rings (SSSR count). The fourth-order valence-electron chi connectivity index (χ4n) is 3.09. The van der Waals surface area contributed by atoms with Crippen LogP contribution in [0, 0.1) is 17.2 Å². The first-order valence-electron chi connectivity index (χ1n) is 7.18. The van der Waals surface area contributed by atoms with Gasteiger partial charge >= 0.3 is 0 Å². The molecule has 1 fully saturated rings. The van der Waals surface area contributed by atoms with Crippen molar-refractivity contribution in [3.8, 4) is 6.07 Å². The molecule has 19 heavy (non-hydrogen) atoms. The molecule has 0 amide bonds. The third-order valence-electron chi connectivity index (χ3n) is 4.46. The van der Waals surface area contributed by atoms with Crippen LogP contribution in [-0.4, -0.2) is 13.1 Å². The van der Waals surface area contributed by atoms with Crippen molar-refractivity contribution in [1.82, 2.24) is 0 Å². The van der Waals surface area contributed by atoms with Gasteiger partial charge < -0.3 is 10.6 Å². The number of benzene rings is 1. The number of nitriles is 1. The number of anilines is 2. The number of nitrogen functional groups attached to an aromatic ring is 1. The minimum absolute atomic E-state index is 0.554. The van der Waals surface area contributed by atoms with Gasteiger partial charge in [0.15, 0.2) is 0 Å². The molecule has 1 aromatic carbocycles. The van der Waals surface area contributed by atoms with Crippen LogP contribution < -0.4 is 10.6 Å². The van der Waals surface area contributed by atoms with E-state index in [4.69, 9.17) is 5.73 Å². The van der Waals surface area contributed by atoms with E-state index in [0.29, 0.717) is 17.3 Å². The van der Waals surface area contributed by atoms with Crippen molar-refractivity contribution in [1.29, 1.82) is 5.26 Å². The molecular formula is C16H23N3. The molecule has 0 atom stereocenters. The van der Waals surface area contributed by atoms with Crippen LogP contribution >= 0.6 is 0 Å². The summed E-state index contributed by atoms with van der Waals surface area (Å²) in [5.74, 6) is 0.895. The summed E-state index contributed by atoms with van der Waals surface area (Å²) < 4.78 is 0. The molecule has 0 bridgehead atoms. The van der Waals surface area contributed by atoms with Gasteiger partial charge in [-0.1, -0.05) is 13.3 Å². The van der Waals surface area contributed by atoms with Gasteiger partial charge in [0.1, 0.15) is 6.07 Å². The highest BCUT2D eigenvalue weighted by atomic mass is 15.1. The van der Waals surface area contributed by atoms with Gasteiger partial charge in [-0.3, -0.25) is 0 Å². The van der Waals surface area contributed by atoms with Gasteiger partial charge in [0.25, 0.3) is 0 Å². The third kappa shape index (κ3) is 3.01. The summed E-state index contributed by atoms with van der Waals surface area (Å²) >= 11 is 0. The average molecular weight is 257 g/mol. The van der Waals surface area contributed by atoms with Crippen LogP contribution in [0.4, 0.5) is 11.4 Å². The fourth-order valence-corrected chi connectivity index (χ4v) is 3.09. The number of hydrogen-bond acceptors (Lipinski definition) is 3. The molecule has 3 heteroatoms. The summed E-state index contributed by atoms with van der Waals surface area (Å²) in [6.45, 7) is 2.28. The lowest BCUT2D eigenvalue weighted by atomic mass is 9.84. The Morgan fingerprint density at radius 1 is 1.32 bits per heavy atom. The highest BCUT2D eigenvalue weighted by Gasteiger charge is 2.24. The molecule has 1 aromatic rings. The van der Waals surface area contributed by atoms with Crippen LogP contribution in [0.25, 0.3) is 0 Å². The highest BCUT2D eigenvalue weighted by Crippen LogP contribution is 2.32. The maximum absolute atomic E-state index is 9.24. The Balaban J connectivity index is 2.12. The van der Waals surface area contributed by atoms with Crippen molar-refractivity contribution in [2.75, 3.05) is 17.7 Å². The molecule has 3 nitrogen and oxygen atoms in total. The fraction of sp³-hybridized carbons (Fsp3) is 0.562. The molecule has 2 N–H and O–H groups in total. The second-order valence-corrected chi connectivity index (χ2v) is 5.58. The smallest absolute Gasteiger partial charge is 0.101 e. The molecule has 1 saturated carbocycles. The molecule has 0 heterocycles. The van der Waals surface area contributed by atoms with Crippen LogP contribution in [0.5, 0.6) is 0 Å². The van der Waals surface area contributed by atoms with Crippen molar-refractivity contribution in [2.24, 2.45) is 5.92 Å². The Morgan fingerprint density at radius 2 is 2.00 bits per heavy atom. The minimum Gasteiger partial charge on any atom is -0.399 e. The molecule has 0 aromatic heterocycles. The van der Waals surface area contributed by atoms with Crippen molar-refractivity contribution < 1.29 is 0 Å². The molecule has 102 valence electrons. The lowest BCUT2D eigenvalue weighted by Crippen LogP contribution is -2.35. The second kappa shape index (κ2) is 5.97. The first kappa shape index (κ1) is 13.7. The first-order chi connectivity index (χ1) is 9.15. The quantitative estimate of drug-likeness (QED) is 0.842. The largest absolute Gasteiger partial charge is 0.399 e. The van der Waals surface area contributed by atoms with Gasteiger partial charge in [0.2, 0.25) is 0 Å². The molecule has 0 aliphatic heterocycles. The standard InChI is InChI=1S/C16H23N3/c1-3-12-4-7-15(8-5-12)19(2)16-9-6-14(18)10-13(16)11-17/h6,9-10,12,15H,3-5,7-8,18H2,1-2H3. The molecule has 0 radical (unpaired) electrons. The van der Waals surface area contributed by atoms with Crippen LogP contribution in [0.15, 0.2) is 18.2 Å². The van der Waals surface area contributed by atoms with Gasteiger partial charge in [0, 0.05) is 18.8 Å². The van der Waals surface area contributed by atoms with Gasteiger partial charge in [-0.2, -0.15) is 5.26 Å². The summed E-state index contributed by atoms with van der Waals surface area (Å²) in [7, 11) is 2.10. The van der Waals surface area contributed by atoms with Crippen molar-refractivity contribution >= 4 is 11.4 Å². The number of hydrogen-bond donors (Lipinski definition) is 1. The summed E-state index contributed by atoms with van der Waals surface area (Å²) in [5.41, 5.74) is 8.10. The monoisotopic (exact) mass is 257 g/mol. The van der Waals surface area contributed by atoms with Crippen LogP contribution in [0.3, 0.4) is 0 Å². The van der Waals surface area contributed by atoms with Gasteiger partial charge in [0.05, 0.1) is 11.3 Å². The lowest BCUT2D eigenvalue weighted by Gasteiger charge is -2.36. The Morgan fingerprint density at radius 3 is 2.58 bits per heavy atom. The normalized spacial score (nSPS) is 22.8. The zero-order valence-electron chi connectivity index (χ0n) is 11.9. The topological polar surface area (TPSA) is 53.0 Å². The van der Waals surface area contributed by atoms with Crippen LogP contribution in [0.2, 0.25) is 0 Å². The number of rotatable bonds is 3. The average Bonchev–Trinajstić information content (AvgIpc) is 2.46. The SMILES string of the molecule is CCC1CCC(N(C)c2ccc(N)cc2C#N)CC1. The molecule has 1 aliphatic carbocycles. The van der Waals surface area contributed by atoms with E-state index in [-0.39, 0.29) is 0 Å². The first-order valence-corrected chi connectivity index (χ1v) is 7.18. The molecule has 1 aliphatic rings. The minimum atomic E-state index is 0.554. The van der Waals surface area contributed by atoms with E-state index in [1.807, 2.05) is 12.1 Å². The van der Waals surface area contributed by atoms with E-state index < -0.39 is 0 Å². The van der Waals surface area contributed by atoms with E-state index >= 15 is 0 Å². The lowest BCUT2D eigenvalue weighted by molar-refractivity contribution is 0.313. The van der Waals surface area contributed by atoms with E-state index in [1.54, 1.807) is 6.07 Å². The number of nitrogens with two attached hydrogens (primary N) is 1. The summed E-state index contributed by atoms with van der Waals surface area (Å²) in [5, 5.41) is 9.24. The van der Waals surface area contributed by atoms with Crippen molar-refractivity contribution in [2.45, 2.75) is 45.1 Å². The van der Waals surface area contributed by atoms with E-state index in [9.17, 15) is 5.26 Å². The van der Waals surface area contributed by atoms with E-state index in [0.717, 1.165) is 11.6 Å². The third-order valence-corrected chi connectivity index (χ3v) is 4.46. The second-order valence-electron chi connectivity index (χ2n) is 5.58. The van der Waals surface area contributed by atoms with Gasteiger partial charge in [-0.05, 0) is 49.8 Å². The zero-order valence-corrected chi connectivity index (χ0v) is 11.9. The van der Waals surface area contributed by atoms with Crippen LogP contribution in [-0.2, 0) is 0 Å². The molecular weight excluding hydrogens is 234 g/mol. The van der Waals surface area contributed by atoms with E-state index in [1.165, 1.54) is 32.1 Å². The summed E-state index contributed by atoms with van der Waals surface area (Å²) in [4.78, 5) is 2.27. The zero-order chi connectivity index (χ0) is 13.8. The van der Waals surface area contributed by atoms with Crippen LogP contribution in [0.1, 0.15) is 44.6 Å². The van der Waals surface area contributed by atoms with Gasteiger partial charge in [-0.15, -0.1) is 0 Å². The highest BCUT2D eigenvalue weighted by molar-refractivity contribution is 5.64. The predicted octanol–water partition coefficient (Wildman–Crippen LogP) is 3.55. The van der Waals surface area contributed by atoms with Crippen molar-refractivity contribution in [3.63, 3.8) is 0 Å². The Bertz CT molecular complexity index is 467. The van der Waals surface area contributed by atoms with Gasteiger partial charge in [-0.25, -0.2) is 0 Å².